The molecule has 2 unspecified atom stereocenters. The van der Waals surface area contributed by atoms with Gasteiger partial charge >= 0.3 is 13.8 Å². The molecule has 304 valence electrons. The Bertz CT molecular complexity index is 833. The van der Waals surface area contributed by atoms with E-state index in [2.05, 4.69) is 13.8 Å². The zero-order valence-corrected chi connectivity index (χ0v) is 35.3. The standard InChI is InChI=1S/C42H84NO7P/c1-6-8-10-12-14-16-18-20-21-22-24-26-28-30-32-34-37-47-41(40-50-51(45,46)49-38-36-43(3,4)5)39-48-42(44)35-33-31-29-27-25-23-19-17-15-13-11-9-7-2/h34,37,41H,6-33,35-36,38-40H2,1-5H3/p+1/b37-34-. The number of esters is 1. The maximum Gasteiger partial charge on any atom is 0.472 e. The second-order valence-corrected chi connectivity index (χ2v) is 17.3. The number of phosphoric ester groups is 1. The molecule has 0 radical (unpaired) electrons. The maximum absolute atomic E-state index is 12.5. The molecular formula is C42H85NO7P+. The van der Waals surface area contributed by atoms with Gasteiger partial charge in [0.1, 0.15) is 19.8 Å². The Hall–Kier alpha value is -0.920. The summed E-state index contributed by atoms with van der Waals surface area (Å²) in [6, 6.07) is 0. The van der Waals surface area contributed by atoms with E-state index >= 15 is 0 Å². The number of likely N-dealkylation sites (N-methyl/N-ethyl adjacent to an activating group) is 1. The molecule has 0 spiro atoms. The van der Waals surface area contributed by atoms with Crippen LogP contribution in [0.25, 0.3) is 0 Å². The first kappa shape index (κ1) is 50.1. The van der Waals surface area contributed by atoms with Crippen LogP contribution in [0.4, 0.5) is 0 Å². The van der Waals surface area contributed by atoms with E-state index in [0.29, 0.717) is 17.4 Å². The number of hydrogen-bond donors (Lipinski definition) is 1. The SMILES string of the molecule is CCCCCCCCCCCCCCCC/C=C\OC(COC(=O)CCCCCCCCCCCCCCC)COP(=O)(O)OCC[N+](C)(C)C. The number of rotatable bonds is 40. The van der Waals surface area contributed by atoms with Crippen LogP contribution >= 0.6 is 7.82 Å². The van der Waals surface area contributed by atoms with E-state index in [1.54, 1.807) is 6.26 Å². The van der Waals surface area contributed by atoms with Crippen molar-refractivity contribution in [2.75, 3.05) is 47.5 Å². The highest BCUT2D eigenvalue weighted by molar-refractivity contribution is 7.47. The molecule has 0 fully saturated rings. The van der Waals surface area contributed by atoms with E-state index in [-0.39, 0.29) is 25.8 Å². The largest absolute Gasteiger partial charge is 0.492 e. The Kier molecular flexibility index (Phi) is 35.4. The fourth-order valence-electron chi connectivity index (χ4n) is 6.01. The summed E-state index contributed by atoms with van der Waals surface area (Å²) in [4.78, 5) is 22.6. The Morgan fingerprint density at radius 1 is 0.608 bits per heavy atom. The molecule has 51 heavy (non-hydrogen) atoms. The molecule has 8 nitrogen and oxygen atoms in total. The van der Waals surface area contributed by atoms with Crippen LogP contribution in [-0.4, -0.2) is 69.0 Å². The summed E-state index contributed by atoms with van der Waals surface area (Å²) in [7, 11) is 1.68. The number of quaternary nitrogens is 1. The smallest absolute Gasteiger partial charge is 0.472 e. The average Bonchev–Trinajstić information content (AvgIpc) is 3.08. The molecular weight excluding hydrogens is 661 g/mol. The third kappa shape index (κ3) is 40.1. The predicted octanol–water partition coefficient (Wildman–Crippen LogP) is 12.6. The van der Waals surface area contributed by atoms with E-state index < -0.39 is 13.9 Å². The Labute approximate surface area is 316 Å². The van der Waals surface area contributed by atoms with Gasteiger partial charge in [-0.3, -0.25) is 13.8 Å². The molecule has 0 saturated carbocycles. The summed E-state index contributed by atoms with van der Waals surface area (Å²) in [5, 5.41) is 0. The number of hydrogen-bond acceptors (Lipinski definition) is 6. The van der Waals surface area contributed by atoms with Crippen molar-refractivity contribution in [1.29, 1.82) is 0 Å². The summed E-state index contributed by atoms with van der Waals surface area (Å²) in [5.41, 5.74) is 0. The summed E-state index contributed by atoms with van der Waals surface area (Å²) in [6.07, 6.45) is 39.1. The van der Waals surface area contributed by atoms with Crippen LogP contribution in [0.5, 0.6) is 0 Å². The molecule has 0 aromatic carbocycles. The minimum absolute atomic E-state index is 0.0423. The molecule has 0 aromatic rings. The van der Waals surface area contributed by atoms with Crippen molar-refractivity contribution in [2.45, 2.75) is 206 Å². The highest BCUT2D eigenvalue weighted by Crippen LogP contribution is 2.43. The first-order valence-electron chi connectivity index (χ1n) is 21.5. The topological polar surface area (TPSA) is 91.3 Å². The van der Waals surface area contributed by atoms with Gasteiger partial charge in [0.15, 0.2) is 6.10 Å². The Balaban J connectivity index is 4.27. The summed E-state index contributed by atoms with van der Waals surface area (Å²) < 4.78 is 34.7. The molecule has 0 amide bonds. The fraction of sp³-hybridized carbons (Fsp3) is 0.929. The molecule has 0 aromatic heterocycles. The van der Waals surface area contributed by atoms with Crippen LogP contribution in [0, 0.1) is 0 Å². The van der Waals surface area contributed by atoms with Crippen molar-refractivity contribution in [3.05, 3.63) is 12.3 Å². The van der Waals surface area contributed by atoms with E-state index in [9.17, 15) is 14.3 Å². The maximum atomic E-state index is 12.5. The number of unbranched alkanes of at least 4 members (excludes halogenated alkanes) is 26. The Morgan fingerprint density at radius 2 is 1.02 bits per heavy atom. The number of ether oxygens (including phenoxy) is 2. The lowest BCUT2D eigenvalue weighted by Gasteiger charge is -2.24. The lowest BCUT2D eigenvalue weighted by atomic mass is 10.0. The normalized spacial score (nSPS) is 13.8. The Morgan fingerprint density at radius 3 is 1.45 bits per heavy atom. The number of allylic oxidation sites excluding steroid dienone is 1. The predicted molar refractivity (Wildman–Crippen MR) is 215 cm³/mol. The van der Waals surface area contributed by atoms with Gasteiger partial charge in [-0.2, -0.15) is 0 Å². The molecule has 1 N–H and O–H groups in total. The number of nitrogens with zero attached hydrogens (tertiary/aromatic N) is 1. The highest BCUT2D eigenvalue weighted by Gasteiger charge is 2.25. The van der Waals surface area contributed by atoms with Gasteiger partial charge in [-0.15, -0.1) is 0 Å². The van der Waals surface area contributed by atoms with Crippen molar-refractivity contribution < 1.29 is 37.3 Å². The van der Waals surface area contributed by atoms with Gasteiger partial charge in [0.05, 0.1) is 34.0 Å². The lowest BCUT2D eigenvalue weighted by Crippen LogP contribution is -2.37. The zero-order chi connectivity index (χ0) is 37.7. The van der Waals surface area contributed by atoms with Crippen molar-refractivity contribution in [3.63, 3.8) is 0 Å². The van der Waals surface area contributed by atoms with Gasteiger partial charge in [0, 0.05) is 6.42 Å². The molecule has 0 heterocycles. The third-order valence-corrected chi connectivity index (χ3v) is 10.4. The molecule has 9 heteroatoms. The summed E-state index contributed by atoms with van der Waals surface area (Å²) in [5.74, 6) is -0.274. The van der Waals surface area contributed by atoms with Gasteiger partial charge in [-0.25, -0.2) is 4.57 Å². The molecule has 2 atom stereocenters. The summed E-state index contributed by atoms with van der Waals surface area (Å²) >= 11 is 0. The minimum atomic E-state index is -4.26. The van der Waals surface area contributed by atoms with Crippen LogP contribution in [0.1, 0.15) is 200 Å². The first-order chi connectivity index (χ1) is 24.6. The lowest BCUT2D eigenvalue weighted by molar-refractivity contribution is -0.870. The second kappa shape index (κ2) is 36.1. The van der Waals surface area contributed by atoms with Gasteiger partial charge in [-0.05, 0) is 25.3 Å². The van der Waals surface area contributed by atoms with Crippen molar-refractivity contribution in [3.8, 4) is 0 Å². The number of carbonyl (C=O) groups is 1. The highest BCUT2D eigenvalue weighted by atomic mass is 31.2. The molecule has 0 aliphatic heterocycles. The fourth-order valence-corrected chi connectivity index (χ4v) is 6.75. The van der Waals surface area contributed by atoms with Gasteiger partial charge in [0.2, 0.25) is 0 Å². The molecule has 0 aliphatic carbocycles. The van der Waals surface area contributed by atoms with Gasteiger partial charge in [0.25, 0.3) is 0 Å². The van der Waals surface area contributed by atoms with Crippen LogP contribution in [0.15, 0.2) is 12.3 Å². The first-order valence-corrected chi connectivity index (χ1v) is 23.0. The van der Waals surface area contributed by atoms with Crippen LogP contribution in [-0.2, 0) is 27.9 Å². The zero-order valence-electron chi connectivity index (χ0n) is 34.4. The van der Waals surface area contributed by atoms with Crippen LogP contribution in [0.3, 0.4) is 0 Å². The second-order valence-electron chi connectivity index (χ2n) is 15.8. The molecule has 0 saturated heterocycles. The number of phosphoric acid groups is 1. The van der Waals surface area contributed by atoms with Gasteiger partial charge < -0.3 is 18.9 Å². The van der Waals surface area contributed by atoms with Crippen LogP contribution < -0.4 is 0 Å². The average molecular weight is 747 g/mol. The van der Waals surface area contributed by atoms with Crippen LogP contribution in [0.2, 0.25) is 0 Å². The third-order valence-electron chi connectivity index (χ3n) is 9.45. The van der Waals surface area contributed by atoms with E-state index in [0.717, 1.165) is 32.1 Å². The van der Waals surface area contributed by atoms with Gasteiger partial charge in [-0.1, -0.05) is 174 Å². The van der Waals surface area contributed by atoms with E-state index in [4.69, 9.17) is 18.5 Å². The molecule has 0 rings (SSSR count). The van der Waals surface area contributed by atoms with Crippen molar-refractivity contribution >= 4 is 13.8 Å². The number of carbonyl (C=O) groups excluding carboxylic acids is 1. The summed E-state index contributed by atoms with van der Waals surface area (Å²) in [6.45, 7) is 4.93. The molecule has 0 bridgehead atoms. The van der Waals surface area contributed by atoms with E-state index in [1.165, 1.54) is 148 Å². The van der Waals surface area contributed by atoms with E-state index in [1.807, 2.05) is 27.2 Å². The minimum Gasteiger partial charge on any atom is -0.492 e. The van der Waals surface area contributed by atoms with Crippen molar-refractivity contribution in [1.82, 2.24) is 0 Å². The monoisotopic (exact) mass is 747 g/mol. The molecule has 0 aliphatic rings. The van der Waals surface area contributed by atoms with Crippen molar-refractivity contribution in [2.24, 2.45) is 0 Å². The quantitative estimate of drug-likeness (QED) is 0.0219.